The minimum atomic E-state index is -4.80. The highest BCUT2D eigenvalue weighted by Crippen LogP contribution is 2.37. The van der Waals surface area contributed by atoms with Gasteiger partial charge in [-0.1, -0.05) is 12.1 Å². The second-order valence-corrected chi connectivity index (χ2v) is 6.95. The number of aliphatic imine (C=N–C) groups is 1. The molecule has 0 amide bonds. The molecule has 12 heteroatoms. The van der Waals surface area contributed by atoms with Gasteiger partial charge in [-0.25, -0.2) is 9.98 Å². The molecule has 2 heterocycles. The van der Waals surface area contributed by atoms with Crippen molar-refractivity contribution in [3.8, 4) is 5.75 Å². The van der Waals surface area contributed by atoms with Crippen LogP contribution in [0.5, 0.6) is 5.75 Å². The molecule has 1 aliphatic rings. The monoisotopic (exact) mass is 465 g/mol. The molecule has 0 unspecified atom stereocenters. The normalized spacial score (nSPS) is 13.3. The van der Waals surface area contributed by atoms with E-state index in [1.165, 1.54) is 24.3 Å². The van der Waals surface area contributed by atoms with Crippen molar-refractivity contribution >= 4 is 34.7 Å². The number of rotatable bonds is 6. The maximum atomic E-state index is 13.5. The number of para-hydroxylation sites is 2. The van der Waals surface area contributed by atoms with E-state index in [4.69, 9.17) is 0 Å². The lowest BCUT2D eigenvalue weighted by Crippen LogP contribution is -2.13. The molecule has 0 spiro atoms. The number of aryl methyl sites for hydroxylation is 1. The number of aromatic nitrogens is 2. The smallest absolute Gasteiger partial charge is 0.421 e. The molecule has 3 aromatic rings. The van der Waals surface area contributed by atoms with Gasteiger partial charge in [-0.15, -0.1) is 0 Å². The summed E-state index contributed by atoms with van der Waals surface area (Å²) in [5.74, 6) is -1.11. The highest BCUT2D eigenvalue weighted by molar-refractivity contribution is 5.81. The van der Waals surface area contributed by atoms with E-state index >= 15 is 0 Å². The predicted octanol–water partition coefficient (Wildman–Crippen LogP) is 6.12. The van der Waals surface area contributed by atoms with E-state index in [1.54, 1.807) is 18.2 Å². The minimum Gasteiger partial charge on any atom is -0.496 e. The standard InChI is InChI=1S/C21H16F5N5O2/c22-19(23)33-16-4-2-1-3-15(16)30-18-13(21(24,25)26)10-27-20(31-18)28-12-6-7-14-11(9-12)5-8-17(32)29-14/h1-4,6-7,9-10,19H,5,8H2,(H,29,32)(H2,27,28,30,31). The van der Waals surface area contributed by atoms with E-state index in [1.807, 2.05) is 0 Å². The highest BCUT2D eigenvalue weighted by Gasteiger charge is 2.35. The van der Waals surface area contributed by atoms with Gasteiger partial charge in [0.25, 0.3) is 0 Å². The fraction of sp³-hybridized carbons (Fsp3) is 0.190. The molecule has 1 aliphatic heterocycles. The largest absolute Gasteiger partial charge is 0.496 e. The van der Waals surface area contributed by atoms with Crippen molar-refractivity contribution in [1.29, 1.82) is 0 Å². The summed E-state index contributed by atoms with van der Waals surface area (Å²) in [5, 5.41) is 14.8. The first kappa shape index (κ1) is 22.2. The summed E-state index contributed by atoms with van der Waals surface area (Å²) in [6.45, 7) is -3.16. The zero-order valence-electron chi connectivity index (χ0n) is 16.7. The minimum absolute atomic E-state index is 0.0288. The lowest BCUT2D eigenvalue weighted by atomic mass is 10.0. The molecule has 2 aromatic carbocycles. The Labute approximate surface area is 184 Å². The van der Waals surface area contributed by atoms with E-state index < -0.39 is 24.2 Å². The number of ether oxygens (including phenoxy) is 1. The van der Waals surface area contributed by atoms with E-state index in [-0.39, 0.29) is 23.3 Å². The fourth-order valence-corrected chi connectivity index (χ4v) is 3.18. The number of aliphatic hydroxyl groups is 1. The maximum Gasteiger partial charge on any atom is 0.421 e. The molecule has 0 atom stereocenters. The van der Waals surface area contributed by atoms with Gasteiger partial charge in [0.15, 0.2) is 5.90 Å². The summed E-state index contributed by atoms with van der Waals surface area (Å²) < 4.78 is 70.2. The van der Waals surface area contributed by atoms with Crippen LogP contribution in [0.25, 0.3) is 0 Å². The van der Waals surface area contributed by atoms with Crippen LogP contribution in [0.2, 0.25) is 0 Å². The molecular formula is C21H16F5N5O2. The highest BCUT2D eigenvalue weighted by atomic mass is 19.4. The number of halogens is 5. The molecule has 172 valence electrons. The molecule has 4 rings (SSSR count). The first-order valence-corrected chi connectivity index (χ1v) is 9.60. The van der Waals surface area contributed by atoms with Crippen LogP contribution in [0, 0.1) is 0 Å². The molecule has 0 bridgehead atoms. The summed E-state index contributed by atoms with van der Waals surface area (Å²) in [5.41, 5.74) is 0.615. The number of fused-ring (bicyclic) bond motifs is 1. The van der Waals surface area contributed by atoms with Gasteiger partial charge in [0, 0.05) is 18.3 Å². The first-order valence-electron chi connectivity index (χ1n) is 9.60. The van der Waals surface area contributed by atoms with Gasteiger partial charge in [0.05, 0.1) is 11.4 Å². The Balaban J connectivity index is 1.65. The van der Waals surface area contributed by atoms with Crippen molar-refractivity contribution in [1.82, 2.24) is 9.97 Å². The van der Waals surface area contributed by atoms with Gasteiger partial charge in [0.2, 0.25) is 5.95 Å². The Morgan fingerprint density at radius 1 is 1.03 bits per heavy atom. The molecule has 1 aromatic heterocycles. The van der Waals surface area contributed by atoms with E-state index in [0.29, 0.717) is 30.4 Å². The Morgan fingerprint density at radius 3 is 2.58 bits per heavy atom. The van der Waals surface area contributed by atoms with Crippen LogP contribution < -0.4 is 15.4 Å². The van der Waals surface area contributed by atoms with Crippen molar-refractivity contribution in [3.05, 3.63) is 59.8 Å². The topological polar surface area (TPSA) is 91.7 Å². The van der Waals surface area contributed by atoms with Crippen LogP contribution >= 0.6 is 0 Å². The zero-order chi connectivity index (χ0) is 23.6. The molecule has 0 aliphatic carbocycles. The SMILES string of the molecule is OC1=Nc2ccc(Nc3ncc(C(F)(F)F)c(Nc4ccccc4OC(F)F)n3)cc2CC1. The number of hydrogen-bond acceptors (Lipinski definition) is 6. The van der Waals surface area contributed by atoms with Crippen LogP contribution in [-0.2, 0) is 12.6 Å². The van der Waals surface area contributed by atoms with Crippen molar-refractivity contribution in [2.75, 3.05) is 10.6 Å². The molecule has 0 saturated carbocycles. The Morgan fingerprint density at radius 2 is 1.82 bits per heavy atom. The van der Waals surface area contributed by atoms with Crippen LogP contribution in [0.4, 0.5) is 50.8 Å². The Bertz CT molecular complexity index is 1200. The third-order valence-corrected chi connectivity index (χ3v) is 4.65. The van der Waals surface area contributed by atoms with Crippen LogP contribution in [-0.4, -0.2) is 27.6 Å². The van der Waals surface area contributed by atoms with Crippen molar-refractivity contribution in [2.45, 2.75) is 25.6 Å². The number of anilines is 4. The van der Waals surface area contributed by atoms with Gasteiger partial charge < -0.3 is 20.5 Å². The third kappa shape index (κ3) is 5.27. The molecular weight excluding hydrogens is 449 g/mol. The fourth-order valence-electron chi connectivity index (χ4n) is 3.18. The number of benzene rings is 2. The number of nitrogens with zero attached hydrogens (tertiary/aromatic N) is 3. The molecule has 0 radical (unpaired) electrons. The van der Waals surface area contributed by atoms with Crippen molar-refractivity contribution in [3.63, 3.8) is 0 Å². The number of aliphatic hydroxyl groups excluding tert-OH is 1. The second-order valence-electron chi connectivity index (χ2n) is 6.95. The molecule has 3 N–H and O–H groups in total. The maximum absolute atomic E-state index is 13.5. The lowest BCUT2D eigenvalue weighted by Gasteiger charge is -2.17. The van der Waals surface area contributed by atoms with Crippen LogP contribution in [0.15, 0.2) is 53.7 Å². The predicted molar refractivity (Wildman–Crippen MR) is 111 cm³/mol. The summed E-state index contributed by atoms with van der Waals surface area (Å²) in [6, 6.07) is 10.3. The quantitative estimate of drug-likeness (QED) is 0.380. The van der Waals surface area contributed by atoms with E-state index in [9.17, 15) is 27.1 Å². The van der Waals surface area contributed by atoms with E-state index in [0.717, 1.165) is 5.56 Å². The third-order valence-electron chi connectivity index (χ3n) is 4.65. The van der Waals surface area contributed by atoms with Gasteiger partial charge in [-0.2, -0.15) is 26.9 Å². The molecule has 33 heavy (non-hydrogen) atoms. The average molecular weight is 465 g/mol. The van der Waals surface area contributed by atoms with Gasteiger partial charge in [-0.05, 0) is 42.3 Å². The molecule has 0 fully saturated rings. The van der Waals surface area contributed by atoms with Crippen molar-refractivity contribution in [2.24, 2.45) is 4.99 Å². The summed E-state index contributed by atoms with van der Waals surface area (Å²) >= 11 is 0. The van der Waals surface area contributed by atoms with Gasteiger partial charge in [-0.3, -0.25) is 0 Å². The first-order chi connectivity index (χ1) is 15.7. The van der Waals surface area contributed by atoms with E-state index in [2.05, 4.69) is 30.3 Å². The number of hydrogen-bond donors (Lipinski definition) is 3. The van der Waals surface area contributed by atoms with Crippen LogP contribution in [0.1, 0.15) is 17.5 Å². The summed E-state index contributed by atoms with van der Waals surface area (Å²) in [6.07, 6.45) is -3.29. The zero-order valence-corrected chi connectivity index (χ0v) is 16.7. The second kappa shape index (κ2) is 8.88. The van der Waals surface area contributed by atoms with Crippen molar-refractivity contribution < 1.29 is 31.8 Å². The summed E-state index contributed by atoms with van der Waals surface area (Å²) in [7, 11) is 0. The lowest BCUT2D eigenvalue weighted by molar-refractivity contribution is -0.137. The molecule has 7 nitrogen and oxygen atoms in total. The average Bonchev–Trinajstić information content (AvgIpc) is 2.74. The summed E-state index contributed by atoms with van der Waals surface area (Å²) in [4.78, 5) is 11.7. The molecule has 0 saturated heterocycles. The van der Waals surface area contributed by atoms with Gasteiger partial charge in [0.1, 0.15) is 17.1 Å². The number of alkyl halides is 5. The van der Waals surface area contributed by atoms with Gasteiger partial charge >= 0.3 is 12.8 Å². The van der Waals surface area contributed by atoms with Crippen LogP contribution in [0.3, 0.4) is 0 Å². The Kier molecular flexibility index (Phi) is 5.99. The number of nitrogens with one attached hydrogen (secondary N) is 2. The Hall–Kier alpha value is -3.96.